The van der Waals surface area contributed by atoms with E-state index in [1.54, 1.807) is 18.4 Å². The maximum atomic E-state index is 11.7. The summed E-state index contributed by atoms with van der Waals surface area (Å²) in [6.45, 7) is 1.82. The van der Waals surface area contributed by atoms with Gasteiger partial charge in [-0.15, -0.1) is 11.3 Å². The Morgan fingerprint density at radius 3 is 3.31 bits per heavy atom. The molecule has 1 fully saturated rings. The average Bonchev–Trinajstić information content (AvgIpc) is 2.83. The van der Waals surface area contributed by atoms with Crippen molar-refractivity contribution >= 4 is 17.2 Å². The largest absolute Gasteiger partial charge is 0.375 e. The molecule has 5 heteroatoms. The zero-order valence-electron chi connectivity index (χ0n) is 9.39. The summed E-state index contributed by atoms with van der Waals surface area (Å²) in [6.07, 6.45) is 4.01. The Kier molecular flexibility index (Phi) is 3.90. The number of amides is 1. The normalized spacial score (nSPS) is 21.1. The number of ether oxygens (including phenoxy) is 1. The van der Waals surface area contributed by atoms with E-state index in [9.17, 15) is 4.79 Å². The third-order valence-electron chi connectivity index (χ3n) is 2.84. The Morgan fingerprint density at radius 1 is 1.75 bits per heavy atom. The fourth-order valence-electron chi connectivity index (χ4n) is 2.06. The number of methoxy groups -OCH3 is 1. The van der Waals surface area contributed by atoms with Gasteiger partial charge in [-0.1, -0.05) is 0 Å². The second kappa shape index (κ2) is 5.41. The summed E-state index contributed by atoms with van der Waals surface area (Å²) in [5, 5.41) is 3.14. The Labute approximate surface area is 99.2 Å². The first-order valence-electron chi connectivity index (χ1n) is 5.47. The molecule has 1 aromatic heterocycles. The number of rotatable bonds is 3. The SMILES string of the molecule is COCC(=O)N1CCC[C@H](c2nccs2)C1. The highest BCUT2D eigenvalue weighted by Crippen LogP contribution is 2.28. The van der Waals surface area contributed by atoms with Gasteiger partial charge in [0.05, 0.1) is 5.01 Å². The van der Waals surface area contributed by atoms with Crippen molar-refractivity contribution in [2.45, 2.75) is 18.8 Å². The summed E-state index contributed by atoms with van der Waals surface area (Å²) in [4.78, 5) is 17.9. The maximum Gasteiger partial charge on any atom is 0.248 e. The number of carbonyl (C=O) groups is 1. The van der Waals surface area contributed by atoms with Gasteiger partial charge >= 0.3 is 0 Å². The number of thiazole rings is 1. The van der Waals surface area contributed by atoms with Crippen LogP contribution in [-0.4, -0.2) is 42.6 Å². The van der Waals surface area contributed by atoms with E-state index in [1.165, 1.54) is 0 Å². The van der Waals surface area contributed by atoms with Crippen LogP contribution < -0.4 is 0 Å². The second-order valence-corrected chi connectivity index (χ2v) is 4.91. The Balaban J connectivity index is 1.96. The van der Waals surface area contributed by atoms with Gasteiger partial charge in [-0.25, -0.2) is 4.98 Å². The fourth-order valence-corrected chi connectivity index (χ4v) is 2.82. The molecule has 0 N–H and O–H groups in total. The molecular weight excluding hydrogens is 224 g/mol. The van der Waals surface area contributed by atoms with Crippen molar-refractivity contribution in [2.75, 3.05) is 26.8 Å². The number of piperidine rings is 1. The molecule has 1 saturated heterocycles. The number of hydrogen-bond acceptors (Lipinski definition) is 4. The molecule has 0 bridgehead atoms. The maximum absolute atomic E-state index is 11.7. The van der Waals surface area contributed by atoms with E-state index in [-0.39, 0.29) is 12.5 Å². The molecule has 0 unspecified atom stereocenters. The third-order valence-corrected chi connectivity index (χ3v) is 3.78. The minimum Gasteiger partial charge on any atom is -0.375 e. The molecule has 4 nitrogen and oxygen atoms in total. The molecule has 1 aliphatic heterocycles. The van der Waals surface area contributed by atoms with Crippen molar-refractivity contribution in [3.63, 3.8) is 0 Å². The van der Waals surface area contributed by atoms with E-state index >= 15 is 0 Å². The van der Waals surface area contributed by atoms with Crippen molar-refractivity contribution in [3.8, 4) is 0 Å². The lowest BCUT2D eigenvalue weighted by Gasteiger charge is -2.31. The van der Waals surface area contributed by atoms with Crippen molar-refractivity contribution < 1.29 is 9.53 Å². The number of hydrogen-bond donors (Lipinski definition) is 0. The summed E-state index contributed by atoms with van der Waals surface area (Å²) >= 11 is 1.68. The van der Waals surface area contributed by atoms with Gasteiger partial charge in [0.15, 0.2) is 0 Å². The number of aromatic nitrogens is 1. The van der Waals surface area contributed by atoms with Gasteiger partial charge in [0.25, 0.3) is 0 Å². The fraction of sp³-hybridized carbons (Fsp3) is 0.636. The Hall–Kier alpha value is -0.940. The molecular formula is C11H16N2O2S. The van der Waals surface area contributed by atoms with Crippen LogP contribution in [-0.2, 0) is 9.53 Å². The van der Waals surface area contributed by atoms with Crippen LogP contribution in [0.4, 0.5) is 0 Å². The average molecular weight is 240 g/mol. The molecule has 2 heterocycles. The van der Waals surface area contributed by atoms with Gasteiger partial charge in [-0.3, -0.25) is 4.79 Å². The molecule has 16 heavy (non-hydrogen) atoms. The van der Waals surface area contributed by atoms with Gasteiger partial charge in [0.1, 0.15) is 6.61 Å². The first-order chi connectivity index (χ1) is 7.81. The summed E-state index contributed by atoms with van der Waals surface area (Å²) < 4.78 is 4.88. The van der Waals surface area contributed by atoms with Crippen LogP contribution in [0, 0.1) is 0 Å². The van der Waals surface area contributed by atoms with E-state index in [0.717, 1.165) is 30.9 Å². The van der Waals surface area contributed by atoms with Crippen molar-refractivity contribution in [3.05, 3.63) is 16.6 Å². The van der Waals surface area contributed by atoms with Crippen LogP contribution in [0.25, 0.3) is 0 Å². The summed E-state index contributed by atoms with van der Waals surface area (Å²) in [7, 11) is 1.56. The van der Waals surface area contributed by atoms with Crippen molar-refractivity contribution in [1.82, 2.24) is 9.88 Å². The van der Waals surface area contributed by atoms with E-state index in [2.05, 4.69) is 4.98 Å². The van der Waals surface area contributed by atoms with Crippen LogP contribution in [0.15, 0.2) is 11.6 Å². The summed E-state index contributed by atoms with van der Waals surface area (Å²) in [5.74, 6) is 0.498. The number of carbonyl (C=O) groups excluding carboxylic acids is 1. The standard InChI is InChI=1S/C11H16N2O2S/c1-15-8-10(14)13-5-2-3-9(7-13)11-12-4-6-16-11/h4,6,9H,2-3,5,7-8H2,1H3/t9-/m0/s1. The van der Waals surface area contributed by atoms with E-state index in [0.29, 0.717) is 5.92 Å². The summed E-state index contributed by atoms with van der Waals surface area (Å²) in [6, 6.07) is 0. The zero-order chi connectivity index (χ0) is 11.4. The minimum absolute atomic E-state index is 0.0868. The highest BCUT2D eigenvalue weighted by atomic mass is 32.1. The van der Waals surface area contributed by atoms with Crippen LogP contribution in [0.1, 0.15) is 23.8 Å². The predicted octanol–water partition coefficient (Wildman–Crippen LogP) is 1.50. The Morgan fingerprint density at radius 2 is 2.62 bits per heavy atom. The number of likely N-dealkylation sites (tertiary alicyclic amines) is 1. The van der Waals surface area contributed by atoms with Gasteiger partial charge < -0.3 is 9.64 Å². The molecule has 1 atom stereocenters. The van der Waals surface area contributed by atoms with E-state index < -0.39 is 0 Å². The predicted molar refractivity (Wildman–Crippen MR) is 62.5 cm³/mol. The molecule has 0 radical (unpaired) electrons. The lowest BCUT2D eigenvalue weighted by molar-refractivity contribution is -0.136. The highest BCUT2D eigenvalue weighted by Gasteiger charge is 2.25. The van der Waals surface area contributed by atoms with Crippen molar-refractivity contribution in [2.24, 2.45) is 0 Å². The zero-order valence-corrected chi connectivity index (χ0v) is 10.2. The van der Waals surface area contributed by atoms with E-state index in [4.69, 9.17) is 4.74 Å². The first kappa shape index (κ1) is 11.5. The van der Waals surface area contributed by atoms with Gasteiger partial charge in [-0.05, 0) is 12.8 Å². The summed E-state index contributed by atoms with van der Waals surface area (Å²) in [5.41, 5.74) is 0. The molecule has 0 aliphatic carbocycles. The smallest absolute Gasteiger partial charge is 0.248 e. The lowest BCUT2D eigenvalue weighted by atomic mass is 9.99. The third kappa shape index (κ3) is 2.59. The molecule has 1 aromatic rings. The molecule has 1 aliphatic rings. The Bertz CT molecular complexity index is 340. The first-order valence-corrected chi connectivity index (χ1v) is 6.35. The highest BCUT2D eigenvalue weighted by molar-refractivity contribution is 7.09. The minimum atomic E-state index is 0.0868. The quantitative estimate of drug-likeness (QED) is 0.804. The molecule has 0 spiro atoms. The molecule has 0 saturated carbocycles. The van der Waals surface area contributed by atoms with Gasteiger partial charge in [0.2, 0.25) is 5.91 Å². The van der Waals surface area contributed by atoms with Crippen LogP contribution in [0.3, 0.4) is 0 Å². The molecule has 1 amide bonds. The van der Waals surface area contributed by atoms with Crippen molar-refractivity contribution in [1.29, 1.82) is 0 Å². The van der Waals surface area contributed by atoms with Crippen LogP contribution in [0.2, 0.25) is 0 Å². The topological polar surface area (TPSA) is 42.4 Å². The van der Waals surface area contributed by atoms with Crippen LogP contribution >= 0.6 is 11.3 Å². The molecule has 0 aromatic carbocycles. The van der Waals surface area contributed by atoms with Crippen LogP contribution in [0.5, 0.6) is 0 Å². The molecule has 88 valence electrons. The molecule has 2 rings (SSSR count). The monoisotopic (exact) mass is 240 g/mol. The number of nitrogens with zero attached hydrogens (tertiary/aromatic N) is 2. The lowest BCUT2D eigenvalue weighted by Crippen LogP contribution is -2.40. The van der Waals surface area contributed by atoms with Gasteiger partial charge in [-0.2, -0.15) is 0 Å². The second-order valence-electron chi connectivity index (χ2n) is 3.98. The van der Waals surface area contributed by atoms with E-state index in [1.807, 2.05) is 16.5 Å². The van der Waals surface area contributed by atoms with Gasteiger partial charge in [0, 0.05) is 37.7 Å².